The molecular formula is C10H10ClFN2O3. The Morgan fingerprint density at radius 3 is 2.76 bits per heavy atom. The molecule has 7 heteroatoms. The van der Waals surface area contributed by atoms with Gasteiger partial charge in [-0.3, -0.25) is 0 Å². The van der Waals surface area contributed by atoms with Crippen molar-refractivity contribution in [2.24, 2.45) is 10.2 Å². The van der Waals surface area contributed by atoms with Crippen LogP contribution in [0.25, 0.3) is 0 Å². The lowest BCUT2D eigenvalue weighted by Gasteiger charge is -2.04. The number of rotatable bonds is 4. The molecule has 1 unspecified atom stereocenters. The van der Waals surface area contributed by atoms with E-state index in [-0.39, 0.29) is 16.5 Å². The predicted molar refractivity (Wildman–Crippen MR) is 59.6 cm³/mol. The summed E-state index contributed by atoms with van der Waals surface area (Å²) in [5, 5.41) is 15.6. The van der Waals surface area contributed by atoms with Crippen LogP contribution >= 0.6 is 11.6 Å². The molecule has 0 spiro atoms. The number of carbonyl (C=O) groups is 1. The van der Waals surface area contributed by atoms with Gasteiger partial charge in [0.2, 0.25) is 0 Å². The van der Waals surface area contributed by atoms with E-state index in [1.54, 1.807) is 0 Å². The number of hydrogen-bond acceptors (Lipinski definition) is 4. The number of benzene rings is 1. The quantitative estimate of drug-likeness (QED) is 0.846. The number of carboxylic acids is 1. The lowest BCUT2D eigenvalue weighted by Crippen LogP contribution is -2.11. The first kappa shape index (κ1) is 13.4. The van der Waals surface area contributed by atoms with Crippen molar-refractivity contribution in [3.63, 3.8) is 0 Å². The van der Waals surface area contributed by atoms with E-state index in [0.29, 0.717) is 0 Å². The predicted octanol–water partition coefficient (Wildman–Crippen LogP) is 3.04. The van der Waals surface area contributed by atoms with Crippen LogP contribution in [0.5, 0.6) is 5.75 Å². The topological polar surface area (TPSA) is 71.2 Å². The molecule has 0 saturated heterocycles. The van der Waals surface area contributed by atoms with Crippen LogP contribution in [0.4, 0.5) is 10.1 Å². The highest BCUT2D eigenvalue weighted by molar-refractivity contribution is 6.32. The first-order valence-corrected chi connectivity index (χ1v) is 5.00. The average molecular weight is 261 g/mol. The minimum Gasteiger partial charge on any atom is -0.495 e. The minimum atomic E-state index is -1.14. The zero-order valence-corrected chi connectivity index (χ0v) is 9.90. The number of aliphatic carboxylic acids is 1. The van der Waals surface area contributed by atoms with Gasteiger partial charge in [0.05, 0.1) is 12.1 Å². The molecule has 1 aromatic carbocycles. The van der Waals surface area contributed by atoms with E-state index < -0.39 is 17.8 Å². The molecule has 1 aromatic rings. The summed E-state index contributed by atoms with van der Waals surface area (Å²) in [6.07, 6.45) is 0. The van der Waals surface area contributed by atoms with Gasteiger partial charge >= 0.3 is 5.97 Å². The monoisotopic (exact) mass is 260 g/mol. The number of hydrogen-bond donors (Lipinski definition) is 1. The van der Waals surface area contributed by atoms with Crippen LogP contribution in [-0.4, -0.2) is 24.2 Å². The molecule has 0 aliphatic carbocycles. The third kappa shape index (κ3) is 3.39. The fourth-order valence-electron chi connectivity index (χ4n) is 0.950. The Balaban J connectivity index is 3.02. The average Bonchev–Trinajstić information content (AvgIpc) is 2.27. The van der Waals surface area contributed by atoms with E-state index in [1.807, 2.05) is 0 Å². The van der Waals surface area contributed by atoms with Crippen LogP contribution in [0.2, 0.25) is 5.02 Å². The smallest absolute Gasteiger partial charge is 0.330 e. The highest BCUT2D eigenvalue weighted by Crippen LogP contribution is 2.31. The molecule has 0 saturated carbocycles. The van der Waals surface area contributed by atoms with Gasteiger partial charge in [0.25, 0.3) is 0 Å². The normalized spacial score (nSPS) is 12.7. The molecule has 0 aromatic heterocycles. The molecule has 0 aliphatic rings. The summed E-state index contributed by atoms with van der Waals surface area (Å²) >= 11 is 5.68. The van der Waals surface area contributed by atoms with Crippen molar-refractivity contribution < 1.29 is 19.0 Å². The molecular weight excluding hydrogens is 251 g/mol. The molecule has 1 rings (SSSR count). The maximum atomic E-state index is 13.4. The fraction of sp³-hybridized carbons (Fsp3) is 0.300. The number of ether oxygens (including phenoxy) is 1. The van der Waals surface area contributed by atoms with Crippen molar-refractivity contribution in [1.82, 2.24) is 0 Å². The van der Waals surface area contributed by atoms with Crippen LogP contribution in [0, 0.1) is 5.82 Å². The second-order valence-electron chi connectivity index (χ2n) is 3.17. The molecule has 0 amide bonds. The molecule has 0 fully saturated rings. The number of azo groups is 1. The van der Waals surface area contributed by atoms with Crippen molar-refractivity contribution in [2.45, 2.75) is 13.0 Å². The van der Waals surface area contributed by atoms with Gasteiger partial charge in [-0.15, -0.1) is 0 Å². The van der Waals surface area contributed by atoms with E-state index in [4.69, 9.17) is 21.4 Å². The number of methoxy groups -OCH3 is 1. The Hall–Kier alpha value is -1.69. The molecule has 0 bridgehead atoms. The van der Waals surface area contributed by atoms with Crippen molar-refractivity contribution in [1.29, 1.82) is 0 Å². The van der Waals surface area contributed by atoms with E-state index in [9.17, 15) is 9.18 Å². The van der Waals surface area contributed by atoms with Gasteiger partial charge in [-0.25, -0.2) is 9.18 Å². The molecule has 1 atom stereocenters. The van der Waals surface area contributed by atoms with Crippen LogP contribution in [0.1, 0.15) is 6.92 Å². The summed E-state index contributed by atoms with van der Waals surface area (Å²) < 4.78 is 18.3. The van der Waals surface area contributed by atoms with Crippen LogP contribution in [0.15, 0.2) is 22.4 Å². The molecule has 0 radical (unpaired) electrons. The van der Waals surface area contributed by atoms with Crippen molar-refractivity contribution in [3.8, 4) is 5.75 Å². The summed E-state index contributed by atoms with van der Waals surface area (Å²) in [5.41, 5.74) is -0.126. The van der Waals surface area contributed by atoms with Gasteiger partial charge < -0.3 is 9.84 Å². The Morgan fingerprint density at radius 1 is 1.59 bits per heavy atom. The Labute approximate surface area is 102 Å². The SMILES string of the molecule is COc1cc(N=NC(C)C(=O)O)c(F)cc1Cl. The number of carboxylic acid groups (broad SMARTS) is 1. The Kier molecular flexibility index (Phi) is 4.39. The lowest BCUT2D eigenvalue weighted by molar-refractivity contribution is -0.138. The zero-order chi connectivity index (χ0) is 13.0. The van der Waals surface area contributed by atoms with Gasteiger partial charge in [-0.05, 0) is 13.0 Å². The second-order valence-corrected chi connectivity index (χ2v) is 3.58. The van der Waals surface area contributed by atoms with Gasteiger partial charge in [-0.1, -0.05) is 11.6 Å². The number of nitrogens with zero attached hydrogens (tertiary/aromatic N) is 2. The molecule has 1 N–H and O–H groups in total. The van der Waals surface area contributed by atoms with Crippen molar-refractivity contribution in [2.75, 3.05) is 7.11 Å². The highest BCUT2D eigenvalue weighted by atomic mass is 35.5. The molecule has 92 valence electrons. The van der Waals surface area contributed by atoms with Crippen molar-refractivity contribution in [3.05, 3.63) is 23.0 Å². The number of halogens is 2. The van der Waals surface area contributed by atoms with E-state index in [0.717, 1.165) is 6.07 Å². The Bertz CT molecular complexity index is 465. The largest absolute Gasteiger partial charge is 0.495 e. The fourth-order valence-corrected chi connectivity index (χ4v) is 1.18. The molecule has 0 heterocycles. The van der Waals surface area contributed by atoms with Crippen LogP contribution < -0.4 is 4.74 Å². The maximum absolute atomic E-state index is 13.4. The summed E-state index contributed by atoms with van der Waals surface area (Å²) in [6, 6.07) is 1.23. The van der Waals surface area contributed by atoms with E-state index in [2.05, 4.69) is 10.2 Å². The second kappa shape index (κ2) is 5.58. The zero-order valence-electron chi connectivity index (χ0n) is 9.15. The van der Waals surface area contributed by atoms with Crippen molar-refractivity contribution >= 4 is 23.3 Å². The maximum Gasteiger partial charge on any atom is 0.330 e. The minimum absolute atomic E-state index is 0.107. The summed E-state index contributed by atoms with van der Waals surface area (Å²) in [7, 11) is 1.37. The summed E-state index contributed by atoms with van der Waals surface area (Å²) in [6.45, 7) is 1.33. The lowest BCUT2D eigenvalue weighted by atomic mass is 10.3. The third-order valence-electron chi connectivity index (χ3n) is 1.92. The third-order valence-corrected chi connectivity index (χ3v) is 2.21. The summed E-state index contributed by atoms with van der Waals surface area (Å²) in [4.78, 5) is 10.5. The van der Waals surface area contributed by atoms with Crippen LogP contribution in [0.3, 0.4) is 0 Å². The van der Waals surface area contributed by atoms with Gasteiger partial charge in [0, 0.05) is 6.07 Å². The highest BCUT2D eigenvalue weighted by Gasteiger charge is 2.11. The first-order valence-electron chi connectivity index (χ1n) is 4.62. The molecule has 0 aliphatic heterocycles. The first-order chi connectivity index (χ1) is 7.95. The van der Waals surface area contributed by atoms with Crippen LogP contribution in [-0.2, 0) is 4.79 Å². The van der Waals surface area contributed by atoms with E-state index in [1.165, 1.54) is 20.1 Å². The van der Waals surface area contributed by atoms with Gasteiger partial charge in [0.15, 0.2) is 11.9 Å². The molecule has 5 nitrogen and oxygen atoms in total. The van der Waals surface area contributed by atoms with Gasteiger partial charge in [0.1, 0.15) is 11.4 Å². The molecule has 17 heavy (non-hydrogen) atoms. The summed E-state index contributed by atoms with van der Waals surface area (Å²) in [5.74, 6) is -1.60. The Morgan fingerprint density at radius 2 is 2.24 bits per heavy atom. The standard InChI is InChI=1S/C10H10ClFN2O3/c1-5(10(15)16)13-14-8-4-9(17-2)6(11)3-7(8)12/h3-5H,1-2H3,(H,15,16). The van der Waals surface area contributed by atoms with E-state index >= 15 is 0 Å². The van der Waals surface area contributed by atoms with Gasteiger partial charge in [-0.2, -0.15) is 10.2 Å².